The molecule has 108 valence electrons. The molecule has 0 radical (unpaired) electrons. The second kappa shape index (κ2) is 6.50. The maximum atomic E-state index is 8.66. The normalized spacial score (nSPS) is 13.8. The molecule has 2 atom stereocenters. The van der Waals surface area contributed by atoms with E-state index in [2.05, 4.69) is 53.7 Å². The molecule has 0 amide bonds. The molecular formula is C14H24O3P2. The SMILES string of the molecule is CC(C)(C)c1ccc(OPOPO)c(C(C)(C)C)c1. The average molecular weight is 302 g/mol. The molecular weight excluding hydrogens is 278 g/mol. The van der Waals surface area contributed by atoms with Crippen molar-refractivity contribution < 1.29 is 13.7 Å². The molecule has 0 saturated carbocycles. The molecule has 0 bridgehead atoms. The van der Waals surface area contributed by atoms with E-state index in [1.54, 1.807) is 0 Å². The highest BCUT2D eigenvalue weighted by Gasteiger charge is 2.23. The van der Waals surface area contributed by atoms with Gasteiger partial charge in [-0.25, -0.2) is 0 Å². The predicted octanol–water partition coefficient (Wildman–Crippen LogP) is 4.69. The van der Waals surface area contributed by atoms with Gasteiger partial charge in [-0.15, -0.1) is 0 Å². The highest BCUT2D eigenvalue weighted by molar-refractivity contribution is 7.40. The van der Waals surface area contributed by atoms with Crippen LogP contribution in [0.4, 0.5) is 0 Å². The van der Waals surface area contributed by atoms with Crippen molar-refractivity contribution in [2.75, 3.05) is 0 Å². The van der Waals surface area contributed by atoms with Crippen molar-refractivity contribution in [2.24, 2.45) is 0 Å². The van der Waals surface area contributed by atoms with Crippen LogP contribution < -0.4 is 4.52 Å². The standard InChI is InChI=1S/C14H24O3P2/c1-13(2,3)10-7-8-12(16-19-17-18-15)11(9-10)14(4,5)6/h7-9,15,18-19H,1-6H3. The highest BCUT2D eigenvalue weighted by atomic mass is 31.2. The van der Waals surface area contributed by atoms with Crippen LogP contribution in [0.1, 0.15) is 52.7 Å². The van der Waals surface area contributed by atoms with Gasteiger partial charge >= 0.3 is 0 Å². The molecule has 0 aliphatic carbocycles. The molecule has 0 aliphatic rings. The molecule has 1 aromatic carbocycles. The van der Waals surface area contributed by atoms with Gasteiger partial charge in [0, 0.05) is 5.56 Å². The third kappa shape index (κ3) is 5.00. The zero-order valence-corrected chi connectivity index (χ0v) is 14.5. The maximum Gasteiger partial charge on any atom is 0.220 e. The molecule has 1 N–H and O–H groups in total. The van der Waals surface area contributed by atoms with Crippen LogP contribution in [0.3, 0.4) is 0 Å². The summed E-state index contributed by atoms with van der Waals surface area (Å²) in [6.45, 7) is 13.1. The fourth-order valence-corrected chi connectivity index (χ4v) is 2.34. The summed E-state index contributed by atoms with van der Waals surface area (Å²) in [5, 5.41) is 0. The minimum absolute atomic E-state index is 0.00255. The van der Waals surface area contributed by atoms with Crippen molar-refractivity contribution in [2.45, 2.75) is 52.4 Å². The van der Waals surface area contributed by atoms with Gasteiger partial charge in [0.05, 0.1) is 0 Å². The van der Waals surface area contributed by atoms with E-state index in [4.69, 9.17) is 13.7 Å². The van der Waals surface area contributed by atoms with E-state index in [1.165, 1.54) is 5.56 Å². The lowest BCUT2D eigenvalue weighted by molar-refractivity contribution is 0.482. The van der Waals surface area contributed by atoms with Gasteiger partial charge in [0.1, 0.15) is 5.75 Å². The number of rotatable bonds is 4. The van der Waals surface area contributed by atoms with Crippen LogP contribution in [0.15, 0.2) is 18.2 Å². The molecule has 1 rings (SSSR count). The van der Waals surface area contributed by atoms with Gasteiger partial charge in [0.25, 0.3) is 0 Å². The first kappa shape index (κ1) is 16.9. The Hall–Kier alpha value is -0.200. The van der Waals surface area contributed by atoms with Crippen LogP contribution in [0.5, 0.6) is 5.75 Å². The summed E-state index contributed by atoms with van der Waals surface area (Å²) in [4.78, 5) is 8.66. The lowest BCUT2D eigenvalue weighted by Crippen LogP contribution is -2.16. The van der Waals surface area contributed by atoms with E-state index in [-0.39, 0.29) is 19.9 Å². The Morgan fingerprint density at radius 2 is 1.63 bits per heavy atom. The zero-order valence-electron chi connectivity index (χ0n) is 12.5. The number of benzene rings is 1. The Bertz CT molecular complexity index is 420. The first-order chi connectivity index (χ1) is 8.66. The summed E-state index contributed by atoms with van der Waals surface area (Å²) in [5.74, 6) is 0.831. The predicted molar refractivity (Wildman–Crippen MR) is 84.4 cm³/mol. The van der Waals surface area contributed by atoms with Crippen molar-refractivity contribution in [1.82, 2.24) is 0 Å². The van der Waals surface area contributed by atoms with Crippen molar-refractivity contribution in [3.05, 3.63) is 29.3 Å². The van der Waals surface area contributed by atoms with Gasteiger partial charge in [-0.05, 0) is 22.5 Å². The zero-order chi connectivity index (χ0) is 14.7. The van der Waals surface area contributed by atoms with Gasteiger partial charge in [-0.3, -0.25) is 4.31 Å². The van der Waals surface area contributed by atoms with Crippen LogP contribution in [-0.2, 0) is 15.1 Å². The quantitative estimate of drug-likeness (QED) is 0.648. The fourth-order valence-electron chi connectivity index (χ4n) is 1.76. The molecule has 1 aromatic rings. The molecule has 5 heteroatoms. The Morgan fingerprint density at radius 1 is 1.00 bits per heavy atom. The van der Waals surface area contributed by atoms with Crippen molar-refractivity contribution in [1.29, 1.82) is 0 Å². The molecule has 3 nitrogen and oxygen atoms in total. The van der Waals surface area contributed by atoms with Gasteiger partial charge in [-0.1, -0.05) is 53.7 Å². The van der Waals surface area contributed by atoms with E-state index in [0.29, 0.717) is 0 Å². The molecule has 2 unspecified atom stereocenters. The second-order valence-corrected chi connectivity index (χ2v) is 7.96. The lowest BCUT2D eigenvalue weighted by atomic mass is 9.80. The van der Waals surface area contributed by atoms with Crippen LogP contribution in [-0.4, -0.2) is 4.89 Å². The van der Waals surface area contributed by atoms with Crippen LogP contribution in [0, 0.1) is 0 Å². The molecule has 19 heavy (non-hydrogen) atoms. The molecule has 0 aliphatic heterocycles. The lowest BCUT2D eigenvalue weighted by Gasteiger charge is -2.27. The van der Waals surface area contributed by atoms with Crippen LogP contribution in [0.25, 0.3) is 0 Å². The second-order valence-electron chi connectivity index (χ2n) is 6.59. The smallest absolute Gasteiger partial charge is 0.220 e. The van der Waals surface area contributed by atoms with Crippen LogP contribution >= 0.6 is 18.1 Å². The van der Waals surface area contributed by atoms with Gasteiger partial charge in [0.15, 0.2) is 9.03 Å². The highest BCUT2D eigenvalue weighted by Crippen LogP contribution is 2.38. The third-order valence-corrected chi connectivity index (χ3v) is 3.89. The van der Waals surface area contributed by atoms with E-state index in [1.807, 2.05) is 6.07 Å². The summed E-state index contributed by atoms with van der Waals surface area (Å²) >= 11 is 0. The minimum atomic E-state index is -0.531. The Kier molecular flexibility index (Phi) is 5.77. The maximum absolute atomic E-state index is 8.66. The van der Waals surface area contributed by atoms with Gasteiger partial charge in [-0.2, -0.15) is 0 Å². The Balaban J connectivity index is 3.11. The molecule has 0 saturated heterocycles. The van der Waals surface area contributed by atoms with E-state index >= 15 is 0 Å². The van der Waals surface area contributed by atoms with E-state index in [0.717, 1.165) is 11.3 Å². The van der Waals surface area contributed by atoms with Gasteiger partial charge < -0.3 is 9.42 Å². The Labute approximate surface area is 120 Å². The molecule has 0 heterocycles. The van der Waals surface area contributed by atoms with Gasteiger partial charge in [0.2, 0.25) is 9.03 Å². The topological polar surface area (TPSA) is 38.7 Å². The summed E-state index contributed by atoms with van der Waals surface area (Å²) in [7, 11) is -0.700. The molecule has 0 fully saturated rings. The van der Waals surface area contributed by atoms with Crippen LogP contribution in [0.2, 0.25) is 0 Å². The van der Waals surface area contributed by atoms with Crippen molar-refractivity contribution in [3.8, 4) is 5.75 Å². The molecule has 0 aromatic heterocycles. The summed E-state index contributed by atoms with van der Waals surface area (Å²) in [5.41, 5.74) is 2.57. The first-order valence-corrected chi connectivity index (χ1v) is 7.95. The fraction of sp³-hybridized carbons (Fsp3) is 0.571. The number of hydrogen-bond acceptors (Lipinski definition) is 3. The largest absolute Gasteiger partial charge is 0.449 e. The Morgan fingerprint density at radius 3 is 2.11 bits per heavy atom. The van der Waals surface area contributed by atoms with Crippen molar-refractivity contribution >= 4 is 18.1 Å². The summed E-state index contributed by atoms with van der Waals surface area (Å²) in [6, 6.07) is 6.30. The third-order valence-electron chi connectivity index (χ3n) is 2.89. The van der Waals surface area contributed by atoms with E-state index < -0.39 is 9.03 Å². The monoisotopic (exact) mass is 302 g/mol. The number of hydrogen-bond donors (Lipinski definition) is 1. The first-order valence-electron chi connectivity index (χ1n) is 6.28. The minimum Gasteiger partial charge on any atom is -0.449 e. The van der Waals surface area contributed by atoms with E-state index in [9.17, 15) is 0 Å². The van der Waals surface area contributed by atoms with Crippen molar-refractivity contribution in [3.63, 3.8) is 0 Å². The summed E-state index contributed by atoms with van der Waals surface area (Å²) < 4.78 is 10.5. The molecule has 0 spiro atoms. The average Bonchev–Trinajstić information content (AvgIpc) is 2.27. The summed E-state index contributed by atoms with van der Waals surface area (Å²) in [6.07, 6.45) is 0.